The highest BCUT2D eigenvalue weighted by Crippen LogP contribution is 2.46. The number of hydrogen-bond donors (Lipinski definition) is 1. The molecule has 0 amide bonds. The third-order valence-corrected chi connectivity index (χ3v) is 3.28. The van der Waals surface area contributed by atoms with Crippen LogP contribution in [-0.4, -0.2) is 38.2 Å². The van der Waals surface area contributed by atoms with Crippen LogP contribution in [0.4, 0.5) is 0 Å². The number of fused-ring (bicyclic) bond motifs is 1. The molecule has 21 heavy (non-hydrogen) atoms. The molecule has 0 fully saturated rings. The number of ketones is 1. The summed E-state index contributed by atoms with van der Waals surface area (Å²) in [5, 5.41) is 10.4. The van der Waals surface area contributed by atoms with Crippen LogP contribution in [0, 0.1) is 0 Å². The molecule has 0 saturated heterocycles. The minimum Gasteiger partial charge on any atom is -0.507 e. The molecule has 0 bridgehead atoms. The Balaban J connectivity index is 2.87. The first-order valence-electron chi connectivity index (χ1n) is 6.17. The van der Waals surface area contributed by atoms with Crippen molar-refractivity contribution in [2.75, 3.05) is 21.3 Å². The molecule has 114 valence electrons. The lowest BCUT2D eigenvalue weighted by molar-refractivity contribution is -0.0818. The van der Waals surface area contributed by atoms with E-state index in [4.69, 9.17) is 18.9 Å². The smallest absolute Gasteiger partial charge is 0.345 e. The molecule has 1 aromatic carbocycles. The van der Waals surface area contributed by atoms with Crippen LogP contribution >= 0.6 is 0 Å². The van der Waals surface area contributed by atoms with Gasteiger partial charge in [0, 0.05) is 14.2 Å². The zero-order valence-corrected chi connectivity index (χ0v) is 12.2. The molecule has 1 N–H and O–H groups in total. The number of Topliss-reactive ketones (excluding diaryl/α,β-unsaturated/α-hetero) is 1. The molecule has 1 aliphatic heterocycles. The number of ether oxygens (including phenoxy) is 4. The maximum atomic E-state index is 12.0. The monoisotopic (exact) mass is 296 g/mol. The van der Waals surface area contributed by atoms with Gasteiger partial charge in [-0.1, -0.05) is 0 Å². The van der Waals surface area contributed by atoms with Crippen molar-refractivity contribution >= 4 is 11.8 Å². The van der Waals surface area contributed by atoms with Gasteiger partial charge < -0.3 is 24.1 Å². The molecule has 1 heterocycles. The van der Waals surface area contributed by atoms with E-state index < -0.39 is 18.0 Å². The first-order chi connectivity index (χ1) is 9.97. The summed E-state index contributed by atoms with van der Waals surface area (Å²) in [6.07, 6.45) is -1.05. The fourth-order valence-electron chi connectivity index (χ4n) is 2.46. The lowest BCUT2D eigenvalue weighted by atomic mass is 9.93. The number of aromatic hydroxyl groups is 1. The van der Waals surface area contributed by atoms with Gasteiger partial charge in [-0.3, -0.25) is 4.79 Å². The highest BCUT2D eigenvalue weighted by Gasteiger charge is 2.41. The van der Waals surface area contributed by atoms with E-state index in [0.717, 1.165) is 0 Å². The zero-order chi connectivity index (χ0) is 15.7. The van der Waals surface area contributed by atoms with Crippen LogP contribution in [0.25, 0.3) is 0 Å². The van der Waals surface area contributed by atoms with Crippen molar-refractivity contribution in [1.29, 1.82) is 0 Å². The second-order valence-electron chi connectivity index (χ2n) is 4.49. The van der Waals surface area contributed by atoms with Crippen molar-refractivity contribution in [3.05, 3.63) is 22.3 Å². The number of cyclic esters (lactones) is 1. The van der Waals surface area contributed by atoms with Crippen molar-refractivity contribution in [3.63, 3.8) is 0 Å². The number of carbonyl (C=O) groups is 2. The molecule has 0 spiro atoms. The summed E-state index contributed by atoms with van der Waals surface area (Å²) in [6.45, 7) is 1.27. The Morgan fingerprint density at radius 3 is 2.48 bits per heavy atom. The van der Waals surface area contributed by atoms with Crippen molar-refractivity contribution < 1.29 is 33.6 Å². The predicted octanol–water partition coefficient (Wildman–Crippen LogP) is 1.57. The fraction of sp³-hybridized carbons (Fsp3) is 0.429. The zero-order valence-electron chi connectivity index (χ0n) is 12.2. The van der Waals surface area contributed by atoms with Gasteiger partial charge in [0.05, 0.1) is 30.4 Å². The Hall–Kier alpha value is -2.12. The predicted molar refractivity (Wildman–Crippen MR) is 70.5 cm³/mol. The Morgan fingerprint density at radius 1 is 1.33 bits per heavy atom. The topological polar surface area (TPSA) is 91.3 Å². The van der Waals surface area contributed by atoms with Gasteiger partial charge in [0.25, 0.3) is 0 Å². The summed E-state index contributed by atoms with van der Waals surface area (Å²) >= 11 is 0. The van der Waals surface area contributed by atoms with Gasteiger partial charge >= 0.3 is 5.97 Å². The van der Waals surface area contributed by atoms with Crippen LogP contribution < -0.4 is 4.74 Å². The second-order valence-corrected chi connectivity index (χ2v) is 4.49. The third-order valence-electron chi connectivity index (χ3n) is 3.28. The van der Waals surface area contributed by atoms with E-state index >= 15 is 0 Å². The molecule has 1 aromatic rings. The molecular weight excluding hydrogens is 280 g/mol. The Morgan fingerprint density at radius 2 is 2.00 bits per heavy atom. The third kappa shape index (κ3) is 2.24. The molecular formula is C14H16O7. The number of phenolic OH excluding ortho intramolecular Hbond substituents is 1. The first-order valence-corrected chi connectivity index (χ1v) is 6.17. The molecule has 1 unspecified atom stereocenters. The van der Waals surface area contributed by atoms with E-state index in [9.17, 15) is 14.7 Å². The molecule has 0 aliphatic carbocycles. The molecule has 1 aliphatic rings. The minimum absolute atomic E-state index is 0.0180. The molecule has 7 heteroatoms. The standard InChI is InChI=1S/C14H16O7/c1-6(15)8-9-10(13(17)21-14(9)20-4)12(19-3)7(5-18-2)11(8)16/h14,16H,5H2,1-4H3. The molecule has 1 atom stereocenters. The summed E-state index contributed by atoms with van der Waals surface area (Å²) in [7, 11) is 4.12. The second kappa shape index (κ2) is 5.71. The van der Waals surface area contributed by atoms with E-state index in [1.54, 1.807) is 0 Å². The van der Waals surface area contributed by atoms with Crippen LogP contribution in [0.15, 0.2) is 0 Å². The molecule has 0 aromatic heterocycles. The van der Waals surface area contributed by atoms with Gasteiger partial charge in [0.2, 0.25) is 6.29 Å². The Labute approximate surface area is 121 Å². The van der Waals surface area contributed by atoms with Crippen molar-refractivity contribution in [1.82, 2.24) is 0 Å². The van der Waals surface area contributed by atoms with E-state index in [0.29, 0.717) is 0 Å². The molecule has 2 rings (SSSR count). The lowest BCUT2D eigenvalue weighted by Gasteiger charge is -2.17. The number of esters is 1. The number of hydrogen-bond acceptors (Lipinski definition) is 7. The Kier molecular flexibility index (Phi) is 4.15. The SMILES string of the molecule is COCc1c(O)c(C(C)=O)c2c(c1OC)C(=O)OC2OC. The van der Waals surface area contributed by atoms with Crippen LogP contribution in [0.3, 0.4) is 0 Å². The largest absolute Gasteiger partial charge is 0.507 e. The van der Waals surface area contributed by atoms with Gasteiger partial charge in [0.1, 0.15) is 17.1 Å². The minimum atomic E-state index is -1.05. The van der Waals surface area contributed by atoms with Crippen LogP contribution in [-0.2, 0) is 20.8 Å². The van der Waals surface area contributed by atoms with Crippen molar-refractivity contribution in [2.24, 2.45) is 0 Å². The lowest BCUT2D eigenvalue weighted by Crippen LogP contribution is -2.10. The van der Waals surface area contributed by atoms with Crippen LogP contribution in [0.2, 0.25) is 0 Å². The number of phenols is 1. The van der Waals surface area contributed by atoms with Gasteiger partial charge in [-0.15, -0.1) is 0 Å². The number of benzene rings is 1. The normalized spacial score (nSPS) is 16.6. The van der Waals surface area contributed by atoms with E-state index in [1.165, 1.54) is 28.3 Å². The average molecular weight is 296 g/mol. The Bertz CT molecular complexity index is 606. The van der Waals surface area contributed by atoms with E-state index in [-0.39, 0.29) is 40.4 Å². The number of carbonyl (C=O) groups excluding carboxylic acids is 2. The van der Waals surface area contributed by atoms with Gasteiger partial charge in [-0.05, 0) is 6.92 Å². The van der Waals surface area contributed by atoms with Gasteiger partial charge in [-0.25, -0.2) is 4.79 Å². The van der Waals surface area contributed by atoms with Crippen molar-refractivity contribution in [2.45, 2.75) is 19.8 Å². The van der Waals surface area contributed by atoms with Crippen molar-refractivity contribution in [3.8, 4) is 11.5 Å². The van der Waals surface area contributed by atoms with Crippen LogP contribution in [0.5, 0.6) is 11.5 Å². The molecule has 7 nitrogen and oxygen atoms in total. The van der Waals surface area contributed by atoms with Crippen LogP contribution in [0.1, 0.15) is 45.1 Å². The number of methoxy groups -OCH3 is 3. The highest BCUT2D eigenvalue weighted by atomic mass is 16.7. The molecule has 0 radical (unpaired) electrons. The fourth-order valence-corrected chi connectivity index (χ4v) is 2.46. The maximum Gasteiger partial charge on any atom is 0.345 e. The summed E-state index contributed by atoms with van der Waals surface area (Å²) < 4.78 is 20.3. The first kappa shape index (κ1) is 15.3. The summed E-state index contributed by atoms with van der Waals surface area (Å²) in [5.41, 5.74) is 0.469. The van der Waals surface area contributed by atoms with E-state index in [1.807, 2.05) is 0 Å². The van der Waals surface area contributed by atoms with Gasteiger partial charge in [0.15, 0.2) is 5.78 Å². The average Bonchev–Trinajstić information content (AvgIpc) is 2.76. The highest BCUT2D eigenvalue weighted by molar-refractivity contribution is 6.06. The summed E-state index contributed by atoms with van der Waals surface area (Å²) in [4.78, 5) is 23.9. The summed E-state index contributed by atoms with van der Waals surface area (Å²) in [6, 6.07) is 0. The van der Waals surface area contributed by atoms with Gasteiger partial charge in [-0.2, -0.15) is 0 Å². The van der Waals surface area contributed by atoms with E-state index in [2.05, 4.69) is 0 Å². The number of rotatable bonds is 5. The quantitative estimate of drug-likeness (QED) is 0.651. The molecule has 0 saturated carbocycles. The summed E-state index contributed by atoms with van der Waals surface area (Å²) in [5.74, 6) is -1.25. The maximum absolute atomic E-state index is 12.0.